The topological polar surface area (TPSA) is 53.1 Å². The number of carbonyl (C=O) groups excluding carboxylic acids is 2. The Morgan fingerprint density at radius 2 is 1.77 bits per heavy atom. The molecule has 0 saturated carbocycles. The molecule has 0 bridgehead atoms. The Bertz CT molecular complexity index is 980. The highest BCUT2D eigenvalue weighted by molar-refractivity contribution is 6.11. The Labute approximate surface area is 178 Å². The molecule has 1 saturated heterocycles. The summed E-state index contributed by atoms with van der Waals surface area (Å²) in [5, 5.41) is 0. The Morgan fingerprint density at radius 1 is 1.07 bits per heavy atom. The summed E-state index contributed by atoms with van der Waals surface area (Å²) >= 11 is 0. The number of nitrogens with zero attached hydrogens (tertiary/aromatic N) is 3. The molecular formula is C24H29N3O3. The van der Waals surface area contributed by atoms with Crippen LogP contribution in [0.5, 0.6) is 5.75 Å². The van der Waals surface area contributed by atoms with Crippen LogP contribution < -0.4 is 9.64 Å². The maximum atomic E-state index is 13.4. The van der Waals surface area contributed by atoms with Gasteiger partial charge in [0.05, 0.1) is 19.6 Å². The lowest BCUT2D eigenvalue weighted by Crippen LogP contribution is -2.47. The van der Waals surface area contributed by atoms with E-state index in [2.05, 4.69) is 18.0 Å². The van der Waals surface area contributed by atoms with Gasteiger partial charge in [0.15, 0.2) is 0 Å². The zero-order chi connectivity index (χ0) is 21.4. The third-order valence-corrected chi connectivity index (χ3v) is 6.34. The van der Waals surface area contributed by atoms with E-state index in [0.29, 0.717) is 11.3 Å². The second-order valence-electron chi connectivity index (χ2n) is 8.30. The third-order valence-electron chi connectivity index (χ3n) is 6.34. The summed E-state index contributed by atoms with van der Waals surface area (Å²) in [7, 11) is 3.68. The van der Waals surface area contributed by atoms with Crippen LogP contribution in [0.15, 0.2) is 36.4 Å². The molecule has 2 heterocycles. The molecule has 1 atom stereocenters. The van der Waals surface area contributed by atoms with Gasteiger partial charge in [-0.1, -0.05) is 12.1 Å². The van der Waals surface area contributed by atoms with Gasteiger partial charge in [-0.05, 0) is 55.8 Å². The minimum Gasteiger partial charge on any atom is -0.497 e. The molecule has 2 aliphatic heterocycles. The number of piperazine rings is 1. The monoisotopic (exact) mass is 407 g/mol. The van der Waals surface area contributed by atoms with Crippen LogP contribution in [0, 0.1) is 13.8 Å². The fraction of sp³-hybridized carbons (Fsp3) is 0.417. The lowest BCUT2D eigenvalue weighted by atomic mass is 9.96. The number of likely N-dealkylation sites (N-methyl/N-ethyl adjacent to an activating group) is 1. The summed E-state index contributed by atoms with van der Waals surface area (Å²) in [6, 6.07) is 11.2. The predicted octanol–water partition coefficient (Wildman–Crippen LogP) is 3.18. The van der Waals surface area contributed by atoms with Crippen molar-refractivity contribution in [1.82, 2.24) is 9.80 Å². The largest absolute Gasteiger partial charge is 0.497 e. The second kappa shape index (κ2) is 8.11. The lowest BCUT2D eigenvalue weighted by Gasteiger charge is -2.34. The molecule has 4 rings (SSSR count). The Hall–Kier alpha value is -2.86. The standard InChI is InChI=1S/C24H29N3O3/c1-16-12-20-21(13-17(16)2)24(29)27(18-6-5-7-19(14-18)30-4)22(20)15-23(28)26-10-8-25(3)9-11-26/h5-7,12-14,22H,8-11,15H2,1-4H3. The Balaban J connectivity index is 1.70. The van der Waals surface area contributed by atoms with Crippen molar-refractivity contribution in [2.24, 2.45) is 0 Å². The van der Waals surface area contributed by atoms with Gasteiger partial charge in [0.1, 0.15) is 5.75 Å². The lowest BCUT2D eigenvalue weighted by molar-refractivity contribution is -0.133. The molecule has 2 aliphatic rings. The van der Waals surface area contributed by atoms with Crippen molar-refractivity contribution in [1.29, 1.82) is 0 Å². The number of benzene rings is 2. The van der Waals surface area contributed by atoms with Crippen molar-refractivity contribution in [3.63, 3.8) is 0 Å². The van der Waals surface area contributed by atoms with E-state index in [-0.39, 0.29) is 24.3 Å². The van der Waals surface area contributed by atoms with E-state index in [1.54, 1.807) is 12.0 Å². The van der Waals surface area contributed by atoms with E-state index < -0.39 is 0 Å². The number of ether oxygens (including phenoxy) is 1. The first-order valence-corrected chi connectivity index (χ1v) is 10.4. The normalized spacial score (nSPS) is 19.2. The zero-order valence-electron chi connectivity index (χ0n) is 18.1. The number of carbonyl (C=O) groups is 2. The average Bonchev–Trinajstić information content (AvgIpc) is 2.99. The predicted molar refractivity (Wildman–Crippen MR) is 117 cm³/mol. The molecule has 2 aromatic carbocycles. The van der Waals surface area contributed by atoms with Crippen LogP contribution in [-0.2, 0) is 4.79 Å². The zero-order valence-corrected chi connectivity index (χ0v) is 18.1. The van der Waals surface area contributed by atoms with Crippen molar-refractivity contribution in [3.05, 3.63) is 58.7 Å². The van der Waals surface area contributed by atoms with Crippen molar-refractivity contribution in [2.45, 2.75) is 26.3 Å². The van der Waals surface area contributed by atoms with Crippen LogP contribution >= 0.6 is 0 Å². The van der Waals surface area contributed by atoms with Gasteiger partial charge in [0.2, 0.25) is 5.91 Å². The van der Waals surface area contributed by atoms with Crippen LogP contribution in [0.1, 0.15) is 39.5 Å². The number of methoxy groups -OCH3 is 1. The first-order chi connectivity index (χ1) is 14.4. The SMILES string of the molecule is COc1cccc(N2C(=O)c3cc(C)c(C)cc3C2CC(=O)N2CCN(C)CC2)c1. The first kappa shape index (κ1) is 20.4. The van der Waals surface area contributed by atoms with Gasteiger partial charge in [0.25, 0.3) is 5.91 Å². The molecule has 1 fully saturated rings. The quantitative estimate of drug-likeness (QED) is 0.781. The van der Waals surface area contributed by atoms with Crippen molar-refractivity contribution >= 4 is 17.5 Å². The number of hydrogen-bond acceptors (Lipinski definition) is 4. The van der Waals surface area contributed by atoms with Crippen molar-refractivity contribution < 1.29 is 14.3 Å². The molecule has 2 amide bonds. The minimum absolute atomic E-state index is 0.0578. The molecule has 2 aromatic rings. The van der Waals surface area contributed by atoms with Gasteiger partial charge in [-0.25, -0.2) is 0 Å². The summed E-state index contributed by atoms with van der Waals surface area (Å²) in [5.74, 6) is 0.727. The van der Waals surface area contributed by atoms with E-state index in [0.717, 1.165) is 48.6 Å². The van der Waals surface area contributed by atoms with E-state index in [1.165, 1.54) is 0 Å². The molecule has 0 aliphatic carbocycles. The summed E-state index contributed by atoms with van der Waals surface area (Å²) in [6.07, 6.45) is 0.280. The Kier molecular flexibility index (Phi) is 5.52. The number of aryl methyl sites for hydroxylation is 2. The molecule has 0 radical (unpaired) electrons. The molecule has 0 N–H and O–H groups in total. The number of rotatable bonds is 4. The fourth-order valence-electron chi connectivity index (χ4n) is 4.32. The van der Waals surface area contributed by atoms with Crippen LogP contribution in [0.4, 0.5) is 5.69 Å². The molecular weight excluding hydrogens is 378 g/mol. The van der Waals surface area contributed by atoms with E-state index >= 15 is 0 Å². The van der Waals surface area contributed by atoms with E-state index in [4.69, 9.17) is 4.74 Å². The van der Waals surface area contributed by atoms with E-state index in [1.807, 2.05) is 49.1 Å². The van der Waals surface area contributed by atoms with Gasteiger partial charge in [0, 0.05) is 43.5 Å². The highest BCUT2D eigenvalue weighted by Gasteiger charge is 2.40. The van der Waals surface area contributed by atoms with Crippen molar-refractivity contribution in [2.75, 3.05) is 45.2 Å². The highest BCUT2D eigenvalue weighted by Crippen LogP contribution is 2.41. The minimum atomic E-state index is -0.314. The summed E-state index contributed by atoms with van der Waals surface area (Å²) < 4.78 is 5.37. The highest BCUT2D eigenvalue weighted by atomic mass is 16.5. The molecule has 6 heteroatoms. The van der Waals surface area contributed by atoms with Crippen LogP contribution in [-0.4, -0.2) is 62.0 Å². The molecule has 158 valence electrons. The number of amides is 2. The molecule has 0 spiro atoms. The third kappa shape index (κ3) is 3.67. The number of fused-ring (bicyclic) bond motifs is 1. The molecule has 1 unspecified atom stereocenters. The van der Waals surface area contributed by atoms with Gasteiger partial charge in [-0.3, -0.25) is 9.59 Å². The first-order valence-electron chi connectivity index (χ1n) is 10.4. The number of anilines is 1. The van der Waals surface area contributed by atoms with Gasteiger partial charge in [-0.2, -0.15) is 0 Å². The van der Waals surface area contributed by atoms with Crippen molar-refractivity contribution in [3.8, 4) is 5.75 Å². The fourth-order valence-corrected chi connectivity index (χ4v) is 4.32. The second-order valence-corrected chi connectivity index (χ2v) is 8.30. The summed E-state index contributed by atoms with van der Waals surface area (Å²) in [5.41, 5.74) is 4.59. The Morgan fingerprint density at radius 3 is 2.47 bits per heavy atom. The summed E-state index contributed by atoms with van der Waals surface area (Å²) in [4.78, 5) is 32.5. The smallest absolute Gasteiger partial charge is 0.259 e. The molecule has 30 heavy (non-hydrogen) atoms. The van der Waals surface area contributed by atoms with E-state index in [9.17, 15) is 9.59 Å². The van der Waals surface area contributed by atoms with Crippen LogP contribution in [0.25, 0.3) is 0 Å². The van der Waals surface area contributed by atoms with Gasteiger partial charge >= 0.3 is 0 Å². The molecule has 6 nitrogen and oxygen atoms in total. The van der Waals surface area contributed by atoms with Gasteiger partial charge in [-0.15, -0.1) is 0 Å². The maximum Gasteiger partial charge on any atom is 0.259 e. The van der Waals surface area contributed by atoms with Gasteiger partial charge < -0.3 is 19.4 Å². The van der Waals surface area contributed by atoms with Crippen LogP contribution in [0.3, 0.4) is 0 Å². The molecule has 0 aromatic heterocycles. The maximum absolute atomic E-state index is 13.4. The average molecular weight is 408 g/mol. The van der Waals surface area contributed by atoms with Crippen LogP contribution in [0.2, 0.25) is 0 Å². The number of hydrogen-bond donors (Lipinski definition) is 0. The summed E-state index contributed by atoms with van der Waals surface area (Å²) in [6.45, 7) is 7.28.